The van der Waals surface area contributed by atoms with Crippen molar-refractivity contribution < 1.29 is 26.9 Å². The van der Waals surface area contributed by atoms with Gasteiger partial charge in [-0.1, -0.05) is 0 Å². The summed E-state index contributed by atoms with van der Waals surface area (Å²) in [6.07, 6.45) is 0.772. The van der Waals surface area contributed by atoms with Crippen molar-refractivity contribution in [2.75, 3.05) is 25.1 Å². The van der Waals surface area contributed by atoms with Crippen molar-refractivity contribution in [1.82, 2.24) is 4.72 Å². The molecule has 0 aromatic heterocycles. The smallest absolute Gasteiger partial charge is 0.295 e. The molecule has 1 saturated heterocycles. The Labute approximate surface area is 166 Å². The van der Waals surface area contributed by atoms with Crippen LogP contribution in [-0.2, 0) is 10.0 Å². The number of benzene rings is 2. The summed E-state index contributed by atoms with van der Waals surface area (Å²) in [5.74, 6) is -1.47. The van der Waals surface area contributed by atoms with E-state index in [9.17, 15) is 27.3 Å². The number of nitro groups is 1. The average Bonchev–Trinajstić information content (AvgIpc) is 2.68. The number of nitrogens with zero attached hydrogens (tertiary/aromatic N) is 2. The van der Waals surface area contributed by atoms with Crippen molar-refractivity contribution in [3.05, 3.63) is 58.1 Å². The molecule has 0 unspecified atom stereocenters. The van der Waals surface area contributed by atoms with Gasteiger partial charge in [0.1, 0.15) is 11.5 Å². The van der Waals surface area contributed by atoms with Crippen molar-refractivity contribution >= 4 is 21.4 Å². The lowest BCUT2D eigenvalue weighted by atomic mass is 10.0. The van der Waals surface area contributed by atoms with Crippen LogP contribution in [-0.4, -0.2) is 39.6 Å². The molecular weight excluding hydrogens is 408 g/mol. The molecule has 1 N–H and O–H groups in total. The summed E-state index contributed by atoms with van der Waals surface area (Å²) in [7, 11) is -2.54. The molecule has 8 nitrogen and oxygen atoms in total. The Morgan fingerprint density at radius 3 is 2.34 bits per heavy atom. The van der Waals surface area contributed by atoms with Crippen LogP contribution in [0.5, 0.6) is 5.75 Å². The first-order chi connectivity index (χ1) is 13.7. The highest BCUT2D eigenvalue weighted by molar-refractivity contribution is 7.89. The van der Waals surface area contributed by atoms with E-state index in [4.69, 9.17) is 4.74 Å². The first-order valence-electron chi connectivity index (χ1n) is 8.76. The first kappa shape index (κ1) is 20.9. The molecule has 0 saturated carbocycles. The normalized spacial score (nSPS) is 15.3. The molecule has 1 heterocycles. The Hall–Kier alpha value is -2.79. The molecule has 0 radical (unpaired) electrons. The number of anilines is 1. The Morgan fingerprint density at radius 2 is 1.79 bits per heavy atom. The van der Waals surface area contributed by atoms with Gasteiger partial charge >= 0.3 is 0 Å². The number of rotatable bonds is 6. The topological polar surface area (TPSA) is 102 Å². The summed E-state index contributed by atoms with van der Waals surface area (Å²) < 4.78 is 59.2. The molecule has 0 bridgehead atoms. The minimum atomic E-state index is -3.81. The average molecular weight is 427 g/mol. The number of nitro benzene ring substituents is 1. The molecule has 1 aliphatic heterocycles. The van der Waals surface area contributed by atoms with Crippen molar-refractivity contribution in [2.24, 2.45) is 0 Å². The van der Waals surface area contributed by atoms with Crippen LogP contribution in [0, 0.1) is 21.7 Å². The number of hydrogen-bond acceptors (Lipinski definition) is 6. The van der Waals surface area contributed by atoms with Crippen LogP contribution in [0.25, 0.3) is 0 Å². The van der Waals surface area contributed by atoms with Crippen LogP contribution in [0.3, 0.4) is 0 Å². The summed E-state index contributed by atoms with van der Waals surface area (Å²) in [6.45, 7) is 0.651. The molecule has 2 aromatic rings. The maximum atomic E-state index is 13.8. The predicted octanol–water partition coefficient (Wildman–Crippen LogP) is 2.83. The fraction of sp³-hybridized carbons (Fsp3) is 0.333. The van der Waals surface area contributed by atoms with Gasteiger partial charge in [-0.25, -0.2) is 21.9 Å². The van der Waals surface area contributed by atoms with E-state index in [1.807, 2.05) is 0 Å². The van der Waals surface area contributed by atoms with Crippen molar-refractivity contribution in [1.29, 1.82) is 0 Å². The van der Waals surface area contributed by atoms with E-state index >= 15 is 0 Å². The highest BCUT2D eigenvalue weighted by Gasteiger charge is 2.29. The van der Waals surface area contributed by atoms with Crippen molar-refractivity contribution in [3.63, 3.8) is 0 Å². The number of piperidine rings is 1. The van der Waals surface area contributed by atoms with E-state index in [0.29, 0.717) is 25.9 Å². The van der Waals surface area contributed by atoms with Crippen LogP contribution < -0.4 is 14.4 Å². The van der Waals surface area contributed by atoms with Gasteiger partial charge < -0.3 is 9.64 Å². The third-order valence-corrected chi connectivity index (χ3v) is 6.26. The molecule has 29 heavy (non-hydrogen) atoms. The molecule has 0 amide bonds. The molecule has 3 rings (SSSR count). The van der Waals surface area contributed by atoms with E-state index in [1.165, 1.54) is 25.3 Å². The van der Waals surface area contributed by atoms with Crippen LogP contribution in [0.4, 0.5) is 20.2 Å². The van der Waals surface area contributed by atoms with Gasteiger partial charge in [0.2, 0.25) is 10.0 Å². The Morgan fingerprint density at radius 1 is 1.17 bits per heavy atom. The summed E-state index contributed by atoms with van der Waals surface area (Å²) in [6, 6.07) is 6.20. The largest absolute Gasteiger partial charge is 0.494 e. The Bertz CT molecular complexity index is 1010. The lowest BCUT2D eigenvalue weighted by Gasteiger charge is -2.33. The number of methoxy groups -OCH3 is 1. The summed E-state index contributed by atoms with van der Waals surface area (Å²) in [5, 5.41) is 11.3. The SMILES string of the molecule is COc1cc(N2CCC(NS(=O)(=O)c3ccc(F)cc3)CC2)c([N+](=O)[O-])cc1F. The number of sulfonamides is 1. The Kier molecular flexibility index (Phi) is 5.99. The predicted molar refractivity (Wildman–Crippen MR) is 102 cm³/mol. The van der Waals surface area contributed by atoms with Gasteiger partial charge in [0.15, 0.2) is 11.6 Å². The minimum absolute atomic E-state index is 0.0414. The maximum absolute atomic E-state index is 13.8. The number of halogens is 2. The lowest BCUT2D eigenvalue weighted by molar-refractivity contribution is -0.384. The van der Waals surface area contributed by atoms with E-state index < -0.39 is 26.6 Å². The second-order valence-corrected chi connectivity index (χ2v) is 8.28. The second kappa shape index (κ2) is 8.29. The Balaban J connectivity index is 1.72. The monoisotopic (exact) mass is 427 g/mol. The van der Waals surface area contributed by atoms with Crippen LogP contribution in [0.1, 0.15) is 12.8 Å². The quantitative estimate of drug-likeness (QED) is 0.562. The minimum Gasteiger partial charge on any atom is -0.494 e. The lowest BCUT2D eigenvalue weighted by Crippen LogP contribution is -2.44. The number of hydrogen-bond donors (Lipinski definition) is 1. The first-order valence-corrected chi connectivity index (χ1v) is 10.2. The molecule has 1 fully saturated rings. The van der Waals surface area contributed by atoms with E-state index in [0.717, 1.165) is 18.2 Å². The molecule has 11 heteroatoms. The standard InChI is InChI=1S/C18H19F2N3O5S/c1-28-18-11-16(17(23(24)25)10-15(18)20)22-8-6-13(7-9-22)21-29(26,27)14-4-2-12(19)3-5-14/h2-5,10-11,13,21H,6-9H2,1H3. The summed E-state index contributed by atoms with van der Waals surface area (Å²) in [5.41, 5.74) is -0.165. The molecule has 0 atom stereocenters. The van der Waals surface area contributed by atoms with E-state index in [2.05, 4.69) is 4.72 Å². The zero-order valence-electron chi connectivity index (χ0n) is 15.5. The van der Waals surface area contributed by atoms with Crippen molar-refractivity contribution in [2.45, 2.75) is 23.8 Å². The van der Waals surface area contributed by atoms with E-state index in [1.54, 1.807) is 4.90 Å². The molecule has 1 aliphatic rings. The summed E-state index contributed by atoms with van der Waals surface area (Å²) >= 11 is 0. The van der Waals surface area contributed by atoms with Crippen LogP contribution in [0.2, 0.25) is 0 Å². The zero-order valence-corrected chi connectivity index (χ0v) is 16.3. The highest BCUT2D eigenvalue weighted by atomic mass is 32.2. The molecule has 0 aliphatic carbocycles. The van der Waals surface area contributed by atoms with E-state index in [-0.39, 0.29) is 28.1 Å². The van der Waals surface area contributed by atoms with Gasteiger partial charge in [-0.3, -0.25) is 10.1 Å². The van der Waals surface area contributed by atoms with Gasteiger partial charge in [0.25, 0.3) is 5.69 Å². The van der Waals surface area contributed by atoms with Crippen LogP contribution >= 0.6 is 0 Å². The fourth-order valence-corrected chi connectivity index (χ4v) is 4.53. The van der Waals surface area contributed by atoms with Crippen LogP contribution in [0.15, 0.2) is 41.3 Å². The number of ether oxygens (including phenoxy) is 1. The zero-order chi connectivity index (χ0) is 21.2. The fourth-order valence-electron chi connectivity index (χ4n) is 3.23. The van der Waals surface area contributed by atoms with Gasteiger partial charge in [0, 0.05) is 25.2 Å². The third-order valence-electron chi connectivity index (χ3n) is 4.73. The van der Waals surface area contributed by atoms with Gasteiger partial charge in [-0.15, -0.1) is 0 Å². The van der Waals surface area contributed by atoms with Crippen molar-refractivity contribution in [3.8, 4) is 5.75 Å². The molecule has 156 valence electrons. The van der Waals surface area contributed by atoms with Gasteiger partial charge in [-0.05, 0) is 37.1 Å². The number of nitrogens with one attached hydrogen (secondary N) is 1. The third kappa shape index (κ3) is 4.62. The highest BCUT2D eigenvalue weighted by Crippen LogP contribution is 2.36. The summed E-state index contributed by atoms with van der Waals surface area (Å²) in [4.78, 5) is 12.3. The molecular formula is C18H19F2N3O5S. The molecule has 2 aromatic carbocycles. The maximum Gasteiger partial charge on any atom is 0.295 e. The molecule has 0 spiro atoms. The van der Waals surface area contributed by atoms with Gasteiger partial charge in [0.05, 0.1) is 23.0 Å². The second-order valence-electron chi connectivity index (χ2n) is 6.57. The van der Waals surface area contributed by atoms with Gasteiger partial charge in [-0.2, -0.15) is 0 Å².